The number of hydrogen-bond acceptors (Lipinski definition) is 1. The summed E-state index contributed by atoms with van der Waals surface area (Å²) in [7, 11) is 0. The van der Waals surface area contributed by atoms with Crippen LogP contribution in [0.25, 0.3) is 0 Å². The van der Waals surface area contributed by atoms with Gasteiger partial charge in [0.25, 0.3) is 0 Å². The number of nitrogens with zero attached hydrogens (tertiary/aromatic N) is 1. The molecule has 1 nitrogen and oxygen atoms in total. The van der Waals surface area contributed by atoms with Crippen LogP contribution in [-0.4, -0.2) is 29.7 Å². The van der Waals surface area contributed by atoms with E-state index < -0.39 is 6.17 Å². The molecule has 0 aromatic carbocycles. The van der Waals surface area contributed by atoms with Crippen LogP contribution < -0.4 is 0 Å². The van der Waals surface area contributed by atoms with Crippen LogP contribution in [0.1, 0.15) is 40.0 Å². The fourth-order valence-corrected chi connectivity index (χ4v) is 3.48. The van der Waals surface area contributed by atoms with E-state index in [9.17, 15) is 4.39 Å². The summed E-state index contributed by atoms with van der Waals surface area (Å²) in [6.07, 6.45) is 2.17. The lowest BCUT2D eigenvalue weighted by molar-refractivity contribution is 0.129. The minimum atomic E-state index is -0.625. The first-order valence-corrected chi connectivity index (χ1v) is 5.87. The van der Waals surface area contributed by atoms with Crippen molar-refractivity contribution in [3.8, 4) is 0 Å². The normalized spacial score (nSPS) is 37.3. The standard InChI is InChI=1S/C13H22FN/c1-10-5-13(9-12(2,3)4)6-11(14)8-15(13)7-10/h11H,1,5-9H2,2-4H3/t11-,13+/m0/s1. The molecule has 2 aliphatic heterocycles. The summed E-state index contributed by atoms with van der Waals surface area (Å²) in [5.41, 5.74) is 1.65. The van der Waals surface area contributed by atoms with Gasteiger partial charge in [0.15, 0.2) is 0 Å². The second-order valence-electron chi connectivity index (χ2n) is 6.57. The Morgan fingerprint density at radius 3 is 2.80 bits per heavy atom. The van der Waals surface area contributed by atoms with Gasteiger partial charge in [0.1, 0.15) is 6.17 Å². The van der Waals surface area contributed by atoms with Crippen molar-refractivity contribution in [1.82, 2.24) is 4.90 Å². The Bertz CT molecular complexity index is 279. The first kappa shape index (κ1) is 11.1. The number of hydrogen-bond donors (Lipinski definition) is 0. The van der Waals surface area contributed by atoms with Gasteiger partial charge in [-0.2, -0.15) is 0 Å². The third kappa shape index (κ3) is 2.10. The van der Waals surface area contributed by atoms with Crippen molar-refractivity contribution in [1.29, 1.82) is 0 Å². The molecule has 0 N–H and O–H groups in total. The van der Waals surface area contributed by atoms with Crippen molar-refractivity contribution >= 4 is 0 Å². The first-order valence-electron chi connectivity index (χ1n) is 5.87. The van der Waals surface area contributed by atoms with Crippen molar-refractivity contribution in [2.75, 3.05) is 13.1 Å². The Labute approximate surface area is 92.3 Å². The van der Waals surface area contributed by atoms with Crippen LogP contribution in [0.3, 0.4) is 0 Å². The number of alkyl halides is 1. The summed E-state index contributed by atoms with van der Waals surface area (Å²) < 4.78 is 13.5. The van der Waals surface area contributed by atoms with Crippen LogP contribution in [0.5, 0.6) is 0 Å². The van der Waals surface area contributed by atoms with Crippen LogP contribution in [-0.2, 0) is 0 Å². The number of fused-ring (bicyclic) bond motifs is 1. The van der Waals surface area contributed by atoms with E-state index in [0.29, 0.717) is 13.0 Å². The fourth-order valence-electron chi connectivity index (χ4n) is 3.48. The van der Waals surface area contributed by atoms with Crippen LogP contribution >= 0.6 is 0 Å². The lowest BCUT2D eigenvalue weighted by Crippen LogP contribution is -2.41. The lowest BCUT2D eigenvalue weighted by atomic mass is 9.77. The van der Waals surface area contributed by atoms with Crippen molar-refractivity contribution in [3.05, 3.63) is 12.2 Å². The Kier molecular flexibility index (Phi) is 2.45. The summed E-state index contributed by atoms with van der Waals surface area (Å²) in [5, 5.41) is 0. The topological polar surface area (TPSA) is 3.24 Å². The summed E-state index contributed by atoms with van der Waals surface area (Å²) in [5.74, 6) is 0. The van der Waals surface area contributed by atoms with Gasteiger partial charge in [-0.3, -0.25) is 4.90 Å². The molecular formula is C13H22FN. The molecule has 0 aromatic heterocycles. The van der Waals surface area contributed by atoms with Gasteiger partial charge in [0.05, 0.1) is 0 Å². The van der Waals surface area contributed by atoms with Gasteiger partial charge >= 0.3 is 0 Å². The molecule has 0 aromatic rings. The Balaban J connectivity index is 2.19. The predicted octanol–water partition coefficient (Wildman–Crippen LogP) is 3.17. The van der Waals surface area contributed by atoms with Gasteiger partial charge in [0.2, 0.25) is 0 Å². The summed E-state index contributed by atoms with van der Waals surface area (Å²) >= 11 is 0. The Morgan fingerprint density at radius 1 is 1.53 bits per heavy atom. The summed E-state index contributed by atoms with van der Waals surface area (Å²) in [4.78, 5) is 2.32. The molecule has 2 heteroatoms. The summed E-state index contributed by atoms with van der Waals surface area (Å²) in [6, 6.07) is 0. The van der Waals surface area contributed by atoms with Gasteiger partial charge in [-0.15, -0.1) is 0 Å². The van der Waals surface area contributed by atoms with Gasteiger partial charge in [-0.1, -0.05) is 32.9 Å². The van der Waals surface area contributed by atoms with Crippen molar-refractivity contribution in [3.63, 3.8) is 0 Å². The molecule has 0 spiro atoms. The molecule has 2 rings (SSSR count). The molecule has 15 heavy (non-hydrogen) atoms. The van der Waals surface area contributed by atoms with Crippen LogP contribution in [0, 0.1) is 5.41 Å². The van der Waals surface area contributed by atoms with E-state index in [1.165, 1.54) is 5.57 Å². The molecular weight excluding hydrogens is 189 g/mol. The molecule has 0 saturated carbocycles. The maximum absolute atomic E-state index is 13.5. The van der Waals surface area contributed by atoms with E-state index >= 15 is 0 Å². The fraction of sp³-hybridized carbons (Fsp3) is 0.846. The monoisotopic (exact) mass is 211 g/mol. The second kappa shape index (κ2) is 3.31. The molecule has 0 radical (unpaired) electrons. The molecule has 0 unspecified atom stereocenters. The van der Waals surface area contributed by atoms with Crippen LogP contribution in [0.15, 0.2) is 12.2 Å². The Hall–Kier alpha value is -0.370. The molecule has 0 bridgehead atoms. The van der Waals surface area contributed by atoms with Gasteiger partial charge < -0.3 is 0 Å². The predicted molar refractivity (Wildman–Crippen MR) is 61.6 cm³/mol. The van der Waals surface area contributed by atoms with E-state index in [4.69, 9.17) is 0 Å². The maximum Gasteiger partial charge on any atom is 0.115 e. The average Bonchev–Trinajstić information content (AvgIpc) is 2.33. The highest BCUT2D eigenvalue weighted by Gasteiger charge is 2.51. The van der Waals surface area contributed by atoms with E-state index in [1.807, 2.05) is 0 Å². The van der Waals surface area contributed by atoms with Gasteiger partial charge in [-0.05, 0) is 24.7 Å². The molecule has 86 valence electrons. The zero-order chi connectivity index (χ0) is 11.3. The molecule has 2 atom stereocenters. The van der Waals surface area contributed by atoms with Gasteiger partial charge in [0, 0.05) is 18.6 Å². The number of halogens is 1. The zero-order valence-electron chi connectivity index (χ0n) is 10.1. The molecule has 2 fully saturated rings. The van der Waals surface area contributed by atoms with E-state index in [-0.39, 0.29) is 11.0 Å². The largest absolute Gasteiger partial charge is 0.290 e. The highest BCUT2D eigenvalue weighted by Crippen LogP contribution is 2.47. The average molecular weight is 211 g/mol. The highest BCUT2D eigenvalue weighted by molar-refractivity contribution is 5.19. The highest BCUT2D eigenvalue weighted by atomic mass is 19.1. The van der Waals surface area contributed by atoms with Crippen molar-refractivity contribution in [2.45, 2.75) is 51.7 Å². The smallest absolute Gasteiger partial charge is 0.115 e. The molecule has 2 saturated heterocycles. The number of rotatable bonds is 1. The lowest BCUT2D eigenvalue weighted by Gasteiger charge is -2.37. The van der Waals surface area contributed by atoms with Crippen molar-refractivity contribution < 1.29 is 4.39 Å². The third-order valence-electron chi connectivity index (χ3n) is 3.54. The maximum atomic E-state index is 13.5. The van der Waals surface area contributed by atoms with Crippen LogP contribution in [0.2, 0.25) is 0 Å². The Morgan fingerprint density at radius 2 is 2.20 bits per heavy atom. The summed E-state index contributed by atoms with van der Waals surface area (Å²) in [6.45, 7) is 12.3. The van der Waals surface area contributed by atoms with E-state index in [2.05, 4.69) is 32.3 Å². The van der Waals surface area contributed by atoms with E-state index in [0.717, 1.165) is 19.4 Å². The quantitative estimate of drug-likeness (QED) is 0.602. The molecule has 2 heterocycles. The van der Waals surface area contributed by atoms with Crippen LogP contribution in [0.4, 0.5) is 4.39 Å². The van der Waals surface area contributed by atoms with E-state index in [1.54, 1.807) is 0 Å². The molecule has 0 amide bonds. The second-order valence-corrected chi connectivity index (χ2v) is 6.57. The SMILES string of the molecule is C=C1CN2C[C@@H](F)C[C@@]2(CC(C)(C)C)C1. The van der Waals surface area contributed by atoms with Gasteiger partial charge in [-0.25, -0.2) is 4.39 Å². The third-order valence-corrected chi connectivity index (χ3v) is 3.54. The molecule has 2 aliphatic rings. The first-order chi connectivity index (χ1) is 6.81. The minimum absolute atomic E-state index is 0.0920. The molecule has 0 aliphatic carbocycles. The zero-order valence-corrected chi connectivity index (χ0v) is 10.1. The van der Waals surface area contributed by atoms with Crippen molar-refractivity contribution in [2.24, 2.45) is 5.41 Å². The minimum Gasteiger partial charge on any atom is -0.290 e.